The molecule has 0 atom stereocenters. The van der Waals surface area contributed by atoms with Crippen molar-refractivity contribution in [3.8, 4) is 11.5 Å². The zero-order chi connectivity index (χ0) is 20.6. The van der Waals surface area contributed by atoms with Crippen molar-refractivity contribution in [1.82, 2.24) is 0 Å². The van der Waals surface area contributed by atoms with Gasteiger partial charge in [-0.1, -0.05) is 30.3 Å². The molecule has 0 radical (unpaired) electrons. The molecule has 0 saturated heterocycles. The second-order valence-electron chi connectivity index (χ2n) is 6.87. The number of anilines is 1. The summed E-state index contributed by atoms with van der Waals surface area (Å²) in [5.41, 5.74) is 2.51. The number of carbonyl (C=O) groups excluding carboxylic acids is 1. The predicted molar refractivity (Wildman–Crippen MR) is 120 cm³/mol. The molecule has 5 heteroatoms. The van der Waals surface area contributed by atoms with E-state index in [1.54, 1.807) is 18.2 Å². The summed E-state index contributed by atoms with van der Waals surface area (Å²) in [6.45, 7) is 4.53. The molecule has 0 fully saturated rings. The summed E-state index contributed by atoms with van der Waals surface area (Å²) in [5, 5.41) is 2.90. The van der Waals surface area contributed by atoms with Crippen LogP contribution in [0.15, 0.2) is 77.3 Å². The maximum atomic E-state index is 12.5. The van der Waals surface area contributed by atoms with E-state index >= 15 is 0 Å². The minimum absolute atomic E-state index is 0.0689. The number of carbonyl (C=O) groups is 1. The fourth-order valence-electron chi connectivity index (χ4n) is 2.76. The summed E-state index contributed by atoms with van der Waals surface area (Å²) in [5.74, 6) is 1.31. The number of benzene rings is 3. The van der Waals surface area contributed by atoms with Crippen LogP contribution in [0.5, 0.6) is 11.5 Å². The van der Waals surface area contributed by atoms with Crippen LogP contribution in [0.4, 0.5) is 5.69 Å². The second kappa shape index (κ2) is 10.1. The summed E-state index contributed by atoms with van der Waals surface area (Å²) in [7, 11) is 0. The van der Waals surface area contributed by atoms with Gasteiger partial charge in [0.1, 0.15) is 11.5 Å². The normalized spacial score (nSPS) is 10.6. The van der Waals surface area contributed by atoms with Crippen LogP contribution in [0.2, 0.25) is 0 Å². The van der Waals surface area contributed by atoms with Crippen molar-refractivity contribution in [2.24, 2.45) is 0 Å². The van der Waals surface area contributed by atoms with Gasteiger partial charge < -0.3 is 14.8 Å². The molecule has 3 rings (SSSR count). The third-order valence-corrected chi connectivity index (χ3v) is 4.79. The number of halogens is 1. The molecule has 0 aliphatic carbocycles. The van der Waals surface area contributed by atoms with Crippen LogP contribution in [0.25, 0.3) is 0 Å². The molecule has 0 saturated carbocycles. The molecule has 0 unspecified atom stereocenters. The molecule has 0 aromatic heterocycles. The van der Waals surface area contributed by atoms with E-state index in [0.29, 0.717) is 23.6 Å². The molecular formula is C24H24BrNO3. The standard InChI is InChI=1S/C24H24BrNO3/c1-17(2)29-23-13-8-19(16-22(23)25)24(27)26-20-9-11-21(12-10-20)28-15-14-18-6-4-3-5-7-18/h3-13,16-17H,14-15H2,1-2H3,(H,26,27). The summed E-state index contributed by atoms with van der Waals surface area (Å²) in [6.07, 6.45) is 0.921. The molecule has 0 aliphatic rings. The van der Waals surface area contributed by atoms with Crippen molar-refractivity contribution in [1.29, 1.82) is 0 Å². The first-order valence-electron chi connectivity index (χ1n) is 9.55. The number of nitrogens with one attached hydrogen (secondary N) is 1. The molecule has 150 valence electrons. The summed E-state index contributed by atoms with van der Waals surface area (Å²) in [4.78, 5) is 12.5. The SMILES string of the molecule is CC(C)Oc1ccc(C(=O)Nc2ccc(OCCc3ccccc3)cc2)cc1Br. The van der Waals surface area contributed by atoms with E-state index in [9.17, 15) is 4.79 Å². The summed E-state index contributed by atoms with van der Waals surface area (Å²) < 4.78 is 12.2. The molecule has 0 spiro atoms. The lowest BCUT2D eigenvalue weighted by atomic mass is 10.2. The maximum absolute atomic E-state index is 12.5. The number of ether oxygens (including phenoxy) is 2. The van der Waals surface area contributed by atoms with Gasteiger partial charge in [-0.2, -0.15) is 0 Å². The molecule has 29 heavy (non-hydrogen) atoms. The van der Waals surface area contributed by atoms with Gasteiger partial charge in [0, 0.05) is 17.7 Å². The van der Waals surface area contributed by atoms with Gasteiger partial charge in [0.2, 0.25) is 0 Å². The van der Waals surface area contributed by atoms with Crippen LogP contribution >= 0.6 is 15.9 Å². The number of rotatable bonds is 8. The average molecular weight is 454 g/mol. The number of amides is 1. The topological polar surface area (TPSA) is 47.6 Å². The molecule has 1 amide bonds. The molecule has 0 aliphatic heterocycles. The Morgan fingerprint density at radius 3 is 2.38 bits per heavy atom. The zero-order valence-electron chi connectivity index (χ0n) is 16.5. The van der Waals surface area contributed by atoms with Crippen molar-refractivity contribution in [2.75, 3.05) is 11.9 Å². The van der Waals surface area contributed by atoms with Gasteiger partial charge in [-0.25, -0.2) is 0 Å². The first kappa shape index (κ1) is 20.9. The van der Waals surface area contributed by atoms with Gasteiger partial charge in [-0.05, 0) is 77.8 Å². The highest BCUT2D eigenvalue weighted by Crippen LogP contribution is 2.27. The maximum Gasteiger partial charge on any atom is 0.255 e. The van der Waals surface area contributed by atoms with Crippen molar-refractivity contribution in [3.63, 3.8) is 0 Å². The van der Waals surface area contributed by atoms with Crippen LogP contribution in [-0.2, 0) is 6.42 Å². The Kier molecular flexibility index (Phi) is 7.30. The Labute approximate surface area is 180 Å². The van der Waals surface area contributed by atoms with Gasteiger partial charge in [-0.3, -0.25) is 4.79 Å². The van der Waals surface area contributed by atoms with Gasteiger partial charge >= 0.3 is 0 Å². The highest BCUT2D eigenvalue weighted by atomic mass is 79.9. The Morgan fingerprint density at radius 2 is 1.72 bits per heavy atom. The monoisotopic (exact) mass is 453 g/mol. The predicted octanol–water partition coefficient (Wildman–Crippen LogP) is 6.11. The fraction of sp³-hybridized carbons (Fsp3) is 0.208. The van der Waals surface area contributed by atoms with Crippen molar-refractivity contribution in [3.05, 3.63) is 88.4 Å². The zero-order valence-corrected chi connectivity index (χ0v) is 18.1. The molecule has 3 aromatic carbocycles. The van der Waals surface area contributed by atoms with Crippen LogP contribution in [0, 0.1) is 0 Å². The Bertz CT molecular complexity index is 940. The second-order valence-corrected chi connectivity index (χ2v) is 7.73. The number of hydrogen-bond donors (Lipinski definition) is 1. The Balaban J connectivity index is 1.53. The van der Waals surface area contributed by atoms with Gasteiger partial charge in [0.25, 0.3) is 5.91 Å². The Hall–Kier alpha value is -2.79. The number of hydrogen-bond acceptors (Lipinski definition) is 3. The third kappa shape index (κ3) is 6.36. The van der Waals surface area contributed by atoms with E-state index in [4.69, 9.17) is 9.47 Å². The highest BCUT2D eigenvalue weighted by Gasteiger charge is 2.10. The largest absolute Gasteiger partial charge is 0.493 e. The van der Waals surface area contributed by atoms with E-state index in [-0.39, 0.29) is 12.0 Å². The van der Waals surface area contributed by atoms with Crippen LogP contribution < -0.4 is 14.8 Å². The van der Waals surface area contributed by atoms with E-state index < -0.39 is 0 Å². The highest BCUT2D eigenvalue weighted by molar-refractivity contribution is 9.10. The van der Waals surface area contributed by atoms with Gasteiger partial charge in [0.05, 0.1) is 17.2 Å². The molecule has 1 N–H and O–H groups in total. The summed E-state index contributed by atoms with van der Waals surface area (Å²) in [6, 6.07) is 22.9. The molecule has 0 bridgehead atoms. The molecule has 4 nitrogen and oxygen atoms in total. The quantitative estimate of drug-likeness (QED) is 0.447. The molecule has 0 heterocycles. The molecular weight excluding hydrogens is 430 g/mol. The van der Waals surface area contributed by atoms with Gasteiger partial charge in [-0.15, -0.1) is 0 Å². The Morgan fingerprint density at radius 1 is 1.00 bits per heavy atom. The van der Waals surface area contributed by atoms with Crippen LogP contribution in [0.3, 0.4) is 0 Å². The lowest BCUT2D eigenvalue weighted by Gasteiger charge is -2.13. The average Bonchev–Trinajstić information content (AvgIpc) is 2.71. The van der Waals surface area contributed by atoms with Crippen molar-refractivity contribution >= 4 is 27.5 Å². The minimum Gasteiger partial charge on any atom is -0.493 e. The van der Waals surface area contributed by atoms with E-state index in [0.717, 1.165) is 16.6 Å². The van der Waals surface area contributed by atoms with E-state index in [1.807, 2.05) is 56.3 Å². The van der Waals surface area contributed by atoms with Crippen molar-refractivity contribution < 1.29 is 14.3 Å². The van der Waals surface area contributed by atoms with Crippen molar-refractivity contribution in [2.45, 2.75) is 26.4 Å². The fourth-order valence-corrected chi connectivity index (χ4v) is 3.23. The summed E-state index contributed by atoms with van der Waals surface area (Å²) >= 11 is 3.46. The third-order valence-electron chi connectivity index (χ3n) is 4.17. The van der Waals surface area contributed by atoms with E-state index in [1.165, 1.54) is 5.56 Å². The van der Waals surface area contributed by atoms with Crippen LogP contribution in [-0.4, -0.2) is 18.6 Å². The van der Waals surface area contributed by atoms with Crippen LogP contribution in [0.1, 0.15) is 29.8 Å². The molecule has 3 aromatic rings. The smallest absolute Gasteiger partial charge is 0.255 e. The first-order chi connectivity index (χ1) is 14.0. The minimum atomic E-state index is -0.181. The lowest BCUT2D eigenvalue weighted by molar-refractivity contribution is 0.102. The first-order valence-corrected chi connectivity index (χ1v) is 10.3. The van der Waals surface area contributed by atoms with E-state index in [2.05, 4.69) is 33.4 Å². The lowest BCUT2D eigenvalue weighted by Crippen LogP contribution is -2.12. The van der Waals surface area contributed by atoms with Gasteiger partial charge in [0.15, 0.2) is 0 Å².